The van der Waals surface area contributed by atoms with Crippen molar-refractivity contribution in [1.29, 1.82) is 5.26 Å². The maximum Gasteiger partial charge on any atom is 0.257 e. The number of hydrogen-bond donors (Lipinski definition) is 2. The summed E-state index contributed by atoms with van der Waals surface area (Å²) >= 11 is 11.9. The quantitative estimate of drug-likeness (QED) is 0.499. The van der Waals surface area contributed by atoms with E-state index in [9.17, 15) is 28.3 Å². The molecule has 0 radical (unpaired) electrons. The first kappa shape index (κ1) is 23.4. The molecule has 0 bridgehead atoms. The van der Waals surface area contributed by atoms with Gasteiger partial charge in [-0.3, -0.25) is 10.1 Å². The van der Waals surface area contributed by atoms with Gasteiger partial charge in [-0.05, 0) is 54.7 Å². The van der Waals surface area contributed by atoms with Crippen LogP contribution in [0.2, 0.25) is 10.0 Å². The lowest BCUT2D eigenvalue weighted by atomic mass is 9.92. The van der Waals surface area contributed by atoms with Gasteiger partial charge in [0.05, 0.1) is 33.6 Å². The van der Waals surface area contributed by atoms with E-state index in [2.05, 4.69) is 11.4 Å². The molecule has 0 aliphatic heterocycles. The fourth-order valence-corrected chi connectivity index (χ4v) is 3.91. The Morgan fingerprint density at radius 3 is 2.26 bits per heavy atom. The number of halogens is 5. The summed E-state index contributed by atoms with van der Waals surface area (Å²) in [5.74, 6) is -1.28. The van der Waals surface area contributed by atoms with E-state index in [4.69, 9.17) is 23.2 Å². The SMILES string of the molecule is N#CC1(CC(=O)[C@H](Cc2cc(Cl)c(O)c(Cl)c2)N[C@@H](c2ccc(F)cc2)C(F)F)CC1. The highest BCUT2D eigenvalue weighted by Crippen LogP contribution is 2.48. The molecular weight excluding hydrogens is 452 g/mol. The van der Waals surface area contributed by atoms with Crippen molar-refractivity contribution in [2.75, 3.05) is 0 Å². The number of nitrogens with one attached hydrogen (secondary N) is 1. The van der Waals surface area contributed by atoms with Crippen LogP contribution in [0.1, 0.15) is 36.4 Å². The summed E-state index contributed by atoms with van der Waals surface area (Å²) in [5, 5.41) is 21.7. The Balaban J connectivity index is 1.89. The second-order valence-corrected chi connectivity index (χ2v) is 8.54. The van der Waals surface area contributed by atoms with E-state index >= 15 is 0 Å². The van der Waals surface area contributed by atoms with Crippen LogP contribution in [0.25, 0.3) is 0 Å². The molecule has 2 aromatic rings. The zero-order valence-corrected chi connectivity index (χ0v) is 17.7. The molecule has 1 aliphatic rings. The molecule has 0 heterocycles. The number of alkyl halides is 2. The maximum atomic E-state index is 13.9. The van der Waals surface area contributed by atoms with E-state index in [-0.39, 0.29) is 34.2 Å². The van der Waals surface area contributed by atoms with Gasteiger partial charge in [-0.15, -0.1) is 0 Å². The number of aromatic hydroxyl groups is 1. The molecule has 1 saturated carbocycles. The highest BCUT2D eigenvalue weighted by molar-refractivity contribution is 6.37. The van der Waals surface area contributed by atoms with Gasteiger partial charge in [-0.25, -0.2) is 13.2 Å². The van der Waals surface area contributed by atoms with Gasteiger partial charge in [0.2, 0.25) is 0 Å². The fourth-order valence-electron chi connectivity index (χ4n) is 3.37. The molecule has 0 unspecified atom stereocenters. The van der Waals surface area contributed by atoms with Crippen molar-refractivity contribution in [2.45, 2.75) is 44.2 Å². The van der Waals surface area contributed by atoms with Gasteiger partial charge in [-0.2, -0.15) is 5.26 Å². The first-order valence-electron chi connectivity index (χ1n) is 9.54. The van der Waals surface area contributed by atoms with E-state index in [1.54, 1.807) is 0 Å². The molecule has 0 spiro atoms. The highest BCUT2D eigenvalue weighted by Gasteiger charge is 2.46. The Morgan fingerprint density at radius 1 is 1.19 bits per heavy atom. The number of ketones is 1. The van der Waals surface area contributed by atoms with Gasteiger partial charge in [0.1, 0.15) is 5.82 Å². The van der Waals surface area contributed by atoms with Crippen molar-refractivity contribution in [3.05, 3.63) is 63.4 Å². The zero-order valence-electron chi connectivity index (χ0n) is 16.2. The minimum atomic E-state index is -2.88. The first-order valence-corrected chi connectivity index (χ1v) is 10.3. The molecule has 1 fully saturated rings. The molecule has 3 rings (SSSR count). The number of phenolic OH excluding ortho intramolecular Hbond substituents is 1. The van der Waals surface area contributed by atoms with E-state index < -0.39 is 35.5 Å². The van der Waals surface area contributed by atoms with Gasteiger partial charge in [0.25, 0.3) is 6.43 Å². The van der Waals surface area contributed by atoms with Crippen molar-refractivity contribution in [3.8, 4) is 11.8 Å². The number of nitrogens with zero attached hydrogens (tertiary/aromatic N) is 1. The third-order valence-corrected chi connectivity index (χ3v) is 5.95. The number of Topliss-reactive ketones (excluding diaryl/α,β-unsaturated/α-hetero) is 1. The van der Waals surface area contributed by atoms with Crippen molar-refractivity contribution >= 4 is 29.0 Å². The third kappa shape index (κ3) is 5.70. The Morgan fingerprint density at radius 2 is 1.77 bits per heavy atom. The van der Waals surface area contributed by atoms with Crippen molar-refractivity contribution in [2.24, 2.45) is 5.41 Å². The van der Waals surface area contributed by atoms with Gasteiger partial charge < -0.3 is 5.11 Å². The maximum absolute atomic E-state index is 13.9. The molecule has 0 amide bonds. The van der Waals surface area contributed by atoms with E-state index in [1.165, 1.54) is 24.3 Å². The van der Waals surface area contributed by atoms with Crippen LogP contribution in [0.15, 0.2) is 36.4 Å². The number of hydrogen-bond acceptors (Lipinski definition) is 4. The lowest BCUT2D eigenvalue weighted by molar-refractivity contribution is -0.122. The number of phenols is 1. The normalized spacial score (nSPS) is 16.5. The number of rotatable bonds is 9. The monoisotopic (exact) mass is 470 g/mol. The predicted molar refractivity (Wildman–Crippen MR) is 111 cm³/mol. The molecular formula is C22H19Cl2F3N2O2. The third-order valence-electron chi connectivity index (χ3n) is 5.37. The topological polar surface area (TPSA) is 73.1 Å². The first-order chi connectivity index (χ1) is 14.6. The summed E-state index contributed by atoms with van der Waals surface area (Å²) in [7, 11) is 0. The van der Waals surface area contributed by atoms with E-state index in [0.717, 1.165) is 12.1 Å². The molecule has 2 N–H and O–H groups in total. The van der Waals surface area contributed by atoms with E-state index in [0.29, 0.717) is 18.4 Å². The van der Waals surface area contributed by atoms with Crippen LogP contribution in [0.3, 0.4) is 0 Å². The molecule has 0 saturated heterocycles. The number of benzene rings is 2. The molecule has 1 aliphatic carbocycles. The highest BCUT2D eigenvalue weighted by atomic mass is 35.5. The Bertz CT molecular complexity index is 982. The molecule has 2 atom stereocenters. The standard InChI is InChI=1S/C22H19Cl2F3N2O2/c23-15-7-12(8-16(24)20(15)31)9-17(18(30)10-22(11-28)5-6-22)29-19(21(26)27)13-1-3-14(25)4-2-13/h1-4,7-8,17,19,21,29,31H,5-6,9-10H2/t17-,19-/m0/s1. The van der Waals surface area contributed by atoms with Gasteiger partial charge in [0, 0.05) is 6.42 Å². The number of nitriles is 1. The predicted octanol–water partition coefficient (Wildman–Crippen LogP) is 5.61. The summed E-state index contributed by atoms with van der Waals surface area (Å²) in [6.07, 6.45) is -1.83. The Hall–Kier alpha value is -2.27. The largest absolute Gasteiger partial charge is 0.505 e. The zero-order chi connectivity index (χ0) is 22.8. The summed E-state index contributed by atoms with van der Waals surface area (Å²) < 4.78 is 40.9. The van der Waals surface area contributed by atoms with Crippen LogP contribution in [0.5, 0.6) is 5.75 Å². The van der Waals surface area contributed by atoms with E-state index in [1.807, 2.05) is 0 Å². The molecule has 164 valence electrons. The second-order valence-electron chi connectivity index (χ2n) is 7.73. The smallest absolute Gasteiger partial charge is 0.257 e. The molecule has 0 aromatic heterocycles. The molecule has 9 heteroatoms. The minimum Gasteiger partial charge on any atom is -0.505 e. The van der Waals surface area contributed by atoms with Gasteiger partial charge in [-0.1, -0.05) is 35.3 Å². The lowest BCUT2D eigenvalue weighted by Crippen LogP contribution is -2.43. The minimum absolute atomic E-state index is 0.0340. The Labute approximate surface area is 187 Å². The second kappa shape index (κ2) is 9.47. The lowest BCUT2D eigenvalue weighted by Gasteiger charge is -2.26. The molecule has 4 nitrogen and oxygen atoms in total. The van der Waals surface area contributed by atoms with Gasteiger partial charge in [0.15, 0.2) is 11.5 Å². The average molecular weight is 471 g/mol. The fraction of sp³-hybridized carbons (Fsp3) is 0.364. The van der Waals surface area contributed by atoms with Crippen molar-refractivity contribution in [3.63, 3.8) is 0 Å². The van der Waals surface area contributed by atoms with Crippen LogP contribution in [0.4, 0.5) is 13.2 Å². The number of carbonyl (C=O) groups excluding carboxylic acids is 1. The summed E-state index contributed by atoms with van der Waals surface area (Å²) in [4.78, 5) is 13.0. The Kier molecular flexibility index (Phi) is 7.15. The van der Waals surface area contributed by atoms with Crippen LogP contribution in [-0.2, 0) is 11.2 Å². The summed E-state index contributed by atoms with van der Waals surface area (Å²) in [6, 6.07) is 6.91. The van der Waals surface area contributed by atoms with Crippen LogP contribution in [0, 0.1) is 22.6 Å². The number of carbonyl (C=O) groups is 1. The van der Waals surface area contributed by atoms with Crippen LogP contribution >= 0.6 is 23.2 Å². The van der Waals surface area contributed by atoms with Crippen molar-refractivity contribution in [1.82, 2.24) is 5.32 Å². The summed E-state index contributed by atoms with van der Waals surface area (Å²) in [6.45, 7) is 0. The molecule has 2 aromatic carbocycles. The van der Waals surface area contributed by atoms with Crippen LogP contribution < -0.4 is 5.32 Å². The molecule has 31 heavy (non-hydrogen) atoms. The van der Waals surface area contributed by atoms with Gasteiger partial charge >= 0.3 is 0 Å². The summed E-state index contributed by atoms with van der Waals surface area (Å²) in [5.41, 5.74) is -0.178. The average Bonchev–Trinajstić information content (AvgIpc) is 3.49. The van der Waals surface area contributed by atoms with Crippen LogP contribution in [-0.4, -0.2) is 23.4 Å². The van der Waals surface area contributed by atoms with Crippen molar-refractivity contribution < 1.29 is 23.1 Å².